The number of piperidine rings is 2. The highest BCUT2D eigenvalue weighted by molar-refractivity contribution is 5.85. The predicted molar refractivity (Wildman–Crippen MR) is 125 cm³/mol. The Labute approximate surface area is 193 Å². The molecule has 0 spiro atoms. The fourth-order valence-corrected chi connectivity index (χ4v) is 4.60. The van der Waals surface area contributed by atoms with Crippen LogP contribution >= 0.6 is 24.8 Å². The van der Waals surface area contributed by atoms with Gasteiger partial charge in [0.15, 0.2) is 0 Å². The maximum absolute atomic E-state index is 13.2. The van der Waals surface area contributed by atoms with E-state index in [-0.39, 0.29) is 36.8 Å². The van der Waals surface area contributed by atoms with Crippen LogP contribution < -0.4 is 15.4 Å². The maximum Gasteiger partial charge on any atom is 0.228 e. The van der Waals surface area contributed by atoms with E-state index in [1.165, 1.54) is 19.3 Å². The van der Waals surface area contributed by atoms with Crippen molar-refractivity contribution in [2.45, 2.75) is 38.1 Å². The second-order valence-electron chi connectivity index (χ2n) is 8.03. The molecule has 0 aliphatic carbocycles. The minimum Gasteiger partial charge on any atom is -0.496 e. The number of nitrogens with one attached hydrogen (secondary N) is 2. The first-order chi connectivity index (χ1) is 13.7. The largest absolute Gasteiger partial charge is 0.496 e. The first kappa shape index (κ1) is 27.0. The van der Waals surface area contributed by atoms with E-state index in [2.05, 4.69) is 27.7 Å². The summed E-state index contributed by atoms with van der Waals surface area (Å²) in [5, 5.41) is 6.63. The van der Waals surface area contributed by atoms with E-state index >= 15 is 0 Å². The van der Waals surface area contributed by atoms with Crippen LogP contribution in [-0.4, -0.2) is 64.4 Å². The van der Waals surface area contributed by atoms with Gasteiger partial charge in [0.25, 0.3) is 0 Å². The molecule has 2 N–H and O–H groups in total. The number of para-hydroxylation sites is 1. The normalized spacial score (nSPS) is 19.7. The van der Waals surface area contributed by atoms with Gasteiger partial charge in [0, 0.05) is 19.2 Å². The number of carbonyl (C=O) groups is 1. The zero-order chi connectivity index (χ0) is 19.8. The Morgan fingerprint density at radius 3 is 2.43 bits per heavy atom. The van der Waals surface area contributed by atoms with Crippen LogP contribution in [0.4, 0.5) is 0 Å². The minimum atomic E-state index is -0.423. The Morgan fingerprint density at radius 2 is 1.80 bits per heavy atom. The SMILES string of the molecule is COCC1(C(=O)NCC(c2ccccc2OC)N2CCCCC2)CCNCC1.Cl.Cl. The zero-order valence-corrected chi connectivity index (χ0v) is 19.8. The van der Waals surface area contributed by atoms with Crippen molar-refractivity contribution < 1.29 is 14.3 Å². The van der Waals surface area contributed by atoms with Crippen molar-refractivity contribution in [1.29, 1.82) is 0 Å². The number of nitrogens with zero attached hydrogens (tertiary/aromatic N) is 1. The van der Waals surface area contributed by atoms with Gasteiger partial charge in [-0.2, -0.15) is 0 Å². The average molecular weight is 462 g/mol. The lowest BCUT2D eigenvalue weighted by Gasteiger charge is -2.38. The number of carbonyl (C=O) groups excluding carboxylic acids is 1. The third-order valence-electron chi connectivity index (χ3n) is 6.25. The van der Waals surface area contributed by atoms with Gasteiger partial charge in [-0.3, -0.25) is 9.69 Å². The van der Waals surface area contributed by atoms with Gasteiger partial charge in [0.2, 0.25) is 5.91 Å². The molecule has 2 saturated heterocycles. The van der Waals surface area contributed by atoms with Crippen molar-refractivity contribution in [3.05, 3.63) is 29.8 Å². The third-order valence-corrected chi connectivity index (χ3v) is 6.25. The van der Waals surface area contributed by atoms with Crippen LogP contribution in [-0.2, 0) is 9.53 Å². The Kier molecular flexibility index (Phi) is 12.0. The standard InChI is InChI=1S/C22H35N3O3.2ClH/c1-27-17-22(10-12-23-13-11-22)21(26)24-16-19(25-14-6-3-7-15-25)18-8-4-5-9-20(18)28-2;;/h4-5,8-9,19,23H,3,6-7,10-17H2,1-2H3,(H,24,26);2*1H. The molecule has 1 unspecified atom stereocenters. The van der Waals surface area contributed by atoms with Gasteiger partial charge in [-0.1, -0.05) is 24.6 Å². The predicted octanol–water partition coefficient (Wildman–Crippen LogP) is 3.20. The lowest BCUT2D eigenvalue weighted by molar-refractivity contribution is -0.136. The molecule has 8 heteroatoms. The van der Waals surface area contributed by atoms with Crippen molar-refractivity contribution in [2.24, 2.45) is 5.41 Å². The highest BCUT2D eigenvalue weighted by atomic mass is 35.5. The van der Waals surface area contributed by atoms with Crippen LogP contribution in [0.15, 0.2) is 24.3 Å². The molecule has 2 heterocycles. The molecule has 0 aromatic heterocycles. The number of hydrogen-bond acceptors (Lipinski definition) is 5. The van der Waals surface area contributed by atoms with Crippen LogP contribution in [0, 0.1) is 5.41 Å². The monoisotopic (exact) mass is 461 g/mol. The summed E-state index contributed by atoms with van der Waals surface area (Å²) in [7, 11) is 3.40. The molecule has 6 nitrogen and oxygen atoms in total. The van der Waals surface area contributed by atoms with Crippen molar-refractivity contribution in [2.75, 3.05) is 53.6 Å². The maximum atomic E-state index is 13.2. The van der Waals surface area contributed by atoms with E-state index in [0.717, 1.165) is 50.3 Å². The van der Waals surface area contributed by atoms with Gasteiger partial charge in [-0.25, -0.2) is 0 Å². The van der Waals surface area contributed by atoms with Gasteiger partial charge >= 0.3 is 0 Å². The van der Waals surface area contributed by atoms with Crippen LogP contribution in [0.5, 0.6) is 5.75 Å². The van der Waals surface area contributed by atoms with Gasteiger partial charge in [0.05, 0.1) is 25.2 Å². The highest BCUT2D eigenvalue weighted by Crippen LogP contribution is 2.33. The number of ether oxygens (including phenoxy) is 2. The molecule has 172 valence electrons. The van der Waals surface area contributed by atoms with E-state index in [1.807, 2.05) is 12.1 Å². The summed E-state index contributed by atoms with van der Waals surface area (Å²) in [6, 6.07) is 8.31. The summed E-state index contributed by atoms with van der Waals surface area (Å²) >= 11 is 0. The van der Waals surface area contributed by atoms with E-state index in [0.29, 0.717) is 13.2 Å². The molecule has 0 saturated carbocycles. The number of halogens is 2. The average Bonchev–Trinajstić information content (AvgIpc) is 2.75. The van der Waals surface area contributed by atoms with E-state index in [9.17, 15) is 4.79 Å². The number of hydrogen-bond donors (Lipinski definition) is 2. The Bertz CT molecular complexity index is 630. The van der Waals surface area contributed by atoms with Crippen LogP contribution in [0.3, 0.4) is 0 Å². The van der Waals surface area contributed by atoms with Crippen molar-refractivity contribution >= 4 is 30.7 Å². The van der Waals surface area contributed by atoms with Gasteiger partial charge in [-0.15, -0.1) is 24.8 Å². The van der Waals surface area contributed by atoms with E-state index in [1.54, 1.807) is 14.2 Å². The fourth-order valence-electron chi connectivity index (χ4n) is 4.60. The minimum absolute atomic E-state index is 0. The molecule has 3 rings (SSSR count). The number of benzene rings is 1. The number of amides is 1. The molecule has 1 amide bonds. The van der Waals surface area contributed by atoms with Crippen LogP contribution in [0.1, 0.15) is 43.7 Å². The molecular formula is C22H37Cl2N3O3. The summed E-state index contributed by atoms with van der Waals surface area (Å²) in [6.45, 7) is 4.91. The number of likely N-dealkylation sites (tertiary alicyclic amines) is 1. The molecule has 2 aliphatic rings. The molecule has 30 heavy (non-hydrogen) atoms. The molecule has 1 aromatic carbocycles. The zero-order valence-electron chi connectivity index (χ0n) is 18.2. The summed E-state index contributed by atoms with van der Waals surface area (Å²) in [6.07, 6.45) is 5.33. The molecular weight excluding hydrogens is 425 g/mol. The van der Waals surface area contributed by atoms with Gasteiger partial charge < -0.3 is 20.1 Å². The molecule has 1 aromatic rings. The molecule has 2 fully saturated rings. The molecule has 0 radical (unpaired) electrons. The molecule has 1 atom stereocenters. The lowest BCUT2D eigenvalue weighted by atomic mass is 9.78. The first-order valence-corrected chi connectivity index (χ1v) is 10.5. The topological polar surface area (TPSA) is 62.8 Å². The first-order valence-electron chi connectivity index (χ1n) is 10.5. The Balaban J connectivity index is 0.00000225. The smallest absolute Gasteiger partial charge is 0.228 e. The number of methoxy groups -OCH3 is 2. The third kappa shape index (κ3) is 6.47. The molecule has 0 bridgehead atoms. The number of rotatable bonds is 8. The van der Waals surface area contributed by atoms with Crippen molar-refractivity contribution in [3.63, 3.8) is 0 Å². The van der Waals surface area contributed by atoms with Crippen LogP contribution in [0.25, 0.3) is 0 Å². The fraction of sp³-hybridized carbons (Fsp3) is 0.682. The van der Waals surface area contributed by atoms with Crippen molar-refractivity contribution in [1.82, 2.24) is 15.5 Å². The highest BCUT2D eigenvalue weighted by Gasteiger charge is 2.40. The lowest BCUT2D eigenvalue weighted by Crippen LogP contribution is -2.51. The van der Waals surface area contributed by atoms with E-state index in [4.69, 9.17) is 9.47 Å². The Morgan fingerprint density at radius 1 is 1.13 bits per heavy atom. The summed E-state index contributed by atoms with van der Waals surface area (Å²) in [5.41, 5.74) is 0.728. The summed E-state index contributed by atoms with van der Waals surface area (Å²) in [4.78, 5) is 15.7. The van der Waals surface area contributed by atoms with E-state index < -0.39 is 5.41 Å². The van der Waals surface area contributed by atoms with Gasteiger partial charge in [-0.05, 0) is 57.9 Å². The van der Waals surface area contributed by atoms with Crippen LogP contribution in [0.2, 0.25) is 0 Å². The summed E-state index contributed by atoms with van der Waals surface area (Å²) < 4.78 is 11.1. The quantitative estimate of drug-likeness (QED) is 0.622. The second kappa shape index (κ2) is 13.4. The summed E-state index contributed by atoms with van der Waals surface area (Å²) in [5.74, 6) is 1.01. The van der Waals surface area contributed by atoms with Gasteiger partial charge in [0.1, 0.15) is 5.75 Å². The Hall–Kier alpha value is -1.05. The second-order valence-corrected chi connectivity index (χ2v) is 8.03. The van der Waals surface area contributed by atoms with Crippen molar-refractivity contribution in [3.8, 4) is 5.75 Å². The molecule has 2 aliphatic heterocycles.